The van der Waals surface area contributed by atoms with Crippen molar-refractivity contribution in [3.8, 4) is 0 Å². The Morgan fingerprint density at radius 3 is 3.19 bits per heavy atom. The molecule has 2 rings (SSSR count). The summed E-state index contributed by atoms with van der Waals surface area (Å²) < 4.78 is 5.60. The number of hydrogen-bond acceptors (Lipinski definition) is 4. The molecule has 0 bridgehead atoms. The van der Waals surface area contributed by atoms with Gasteiger partial charge in [-0.25, -0.2) is 0 Å². The number of ether oxygens (including phenoxy) is 1. The molecule has 0 radical (unpaired) electrons. The fourth-order valence-corrected chi connectivity index (χ4v) is 3.24. The Kier molecular flexibility index (Phi) is 4.49. The molecular weight excluding hydrogens is 224 g/mol. The van der Waals surface area contributed by atoms with Gasteiger partial charge in [0.05, 0.1) is 12.1 Å². The number of carbonyl (C=O) groups excluding carboxylic acids is 1. The van der Waals surface area contributed by atoms with Crippen molar-refractivity contribution < 1.29 is 9.53 Å². The average molecular weight is 244 g/mol. The summed E-state index contributed by atoms with van der Waals surface area (Å²) in [5.74, 6) is 2.43. The van der Waals surface area contributed by atoms with Crippen molar-refractivity contribution in [2.24, 2.45) is 5.92 Å². The zero-order valence-corrected chi connectivity index (χ0v) is 10.5. The van der Waals surface area contributed by atoms with Gasteiger partial charge in [0.15, 0.2) is 0 Å². The molecule has 4 nitrogen and oxygen atoms in total. The van der Waals surface area contributed by atoms with Crippen LogP contribution in [0, 0.1) is 5.92 Å². The minimum absolute atomic E-state index is 0.00685. The molecular formula is C11H20N2O2S. The molecule has 3 unspecified atom stereocenters. The number of nitrogens with one attached hydrogen (secondary N) is 2. The topological polar surface area (TPSA) is 50.4 Å². The highest BCUT2D eigenvalue weighted by atomic mass is 32.2. The third kappa shape index (κ3) is 2.90. The van der Waals surface area contributed by atoms with Crippen molar-refractivity contribution in [1.82, 2.24) is 10.6 Å². The molecule has 3 atom stereocenters. The maximum Gasteiger partial charge on any atom is 0.238 e. The summed E-state index contributed by atoms with van der Waals surface area (Å²) >= 11 is 1.78. The third-order valence-corrected chi connectivity index (χ3v) is 4.26. The number of amides is 1. The average Bonchev–Trinajstić information content (AvgIpc) is 2.96. The Morgan fingerprint density at radius 2 is 2.50 bits per heavy atom. The maximum atomic E-state index is 11.8. The molecule has 2 heterocycles. The Bertz CT molecular complexity index is 244. The van der Waals surface area contributed by atoms with Crippen molar-refractivity contribution in [3.63, 3.8) is 0 Å². The standard InChI is InChI=1S/C11H20N2O2S/c1-2-10-8(3-4-15-10)5-12-11(14)9-6-16-7-13-9/h8-10,13H,2-7H2,1H3,(H,12,14). The van der Waals surface area contributed by atoms with E-state index in [1.807, 2.05) is 0 Å². The zero-order valence-electron chi connectivity index (χ0n) is 9.70. The van der Waals surface area contributed by atoms with Crippen molar-refractivity contribution in [3.05, 3.63) is 0 Å². The second-order valence-electron chi connectivity index (χ2n) is 4.38. The number of rotatable bonds is 4. The summed E-state index contributed by atoms with van der Waals surface area (Å²) in [6.07, 6.45) is 2.45. The van der Waals surface area contributed by atoms with E-state index in [4.69, 9.17) is 4.74 Å². The highest BCUT2D eigenvalue weighted by Gasteiger charge is 2.28. The summed E-state index contributed by atoms with van der Waals surface area (Å²) in [5.41, 5.74) is 0. The van der Waals surface area contributed by atoms with E-state index in [0.717, 1.165) is 37.6 Å². The van der Waals surface area contributed by atoms with E-state index in [0.29, 0.717) is 12.0 Å². The van der Waals surface area contributed by atoms with E-state index in [-0.39, 0.29) is 11.9 Å². The number of carbonyl (C=O) groups is 1. The van der Waals surface area contributed by atoms with Gasteiger partial charge in [0.25, 0.3) is 0 Å². The molecule has 16 heavy (non-hydrogen) atoms. The van der Waals surface area contributed by atoms with Crippen LogP contribution in [0.25, 0.3) is 0 Å². The summed E-state index contributed by atoms with van der Waals surface area (Å²) in [4.78, 5) is 11.8. The van der Waals surface area contributed by atoms with Gasteiger partial charge in [-0.15, -0.1) is 11.8 Å². The summed E-state index contributed by atoms with van der Waals surface area (Å²) in [7, 11) is 0. The predicted molar refractivity (Wildman–Crippen MR) is 65.4 cm³/mol. The van der Waals surface area contributed by atoms with Gasteiger partial charge in [-0.1, -0.05) is 6.92 Å². The van der Waals surface area contributed by atoms with Gasteiger partial charge in [0.2, 0.25) is 5.91 Å². The summed E-state index contributed by atoms with van der Waals surface area (Å²) in [5, 5.41) is 6.21. The quantitative estimate of drug-likeness (QED) is 0.759. The first kappa shape index (κ1) is 12.2. The SMILES string of the molecule is CCC1OCCC1CNC(=O)C1CSCN1. The highest BCUT2D eigenvalue weighted by Crippen LogP contribution is 2.22. The highest BCUT2D eigenvalue weighted by molar-refractivity contribution is 7.99. The first-order chi connectivity index (χ1) is 7.81. The smallest absolute Gasteiger partial charge is 0.238 e. The second kappa shape index (κ2) is 5.89. The molecule has 2 saturated heterocycles. The molecule has 0 aromatic carbocycles. The van der Waals surface area contributed by atoms with E-state index in [2.05, 4.69) is 17.6 Å². The van der Waals surface area contributed by atoms with E-state index in [1.54, 1.807) is 11.8 Å². The third-order valence-electron chi connectivity index (χ3n) is 3.32. The molecule has 0 saturated carbocycles. The molecule has 2 N–H and O–H groups in total. The van der Waals surface area contributed by atoms with Gasteiger partial charge in [-0.05, 0) is 12.8 Å². The molecule has 2 aliphatic heterocycles. The molecule has 2 aliphatic rings. The molecule has 1 amide bonds. The molecule has 0 aromatic heterocycles. The molecule has 2 fully saturated rings. The van der Waals surface area contributed by atoms with E-state index >= 15 is 0 Å². The molecule has 5 heteroatoms. The lowest BCUT2D eigenvalue weighted by atomic mass is 9.99. The molecule has 0 spiro atoms. The monoisotopic (exact) mass is 244 g/mol. The van der Waals surface area contributed by atoms with Crippen LogP contribution in [0.3, 0.4) is 0 Å². The van der Waals surface area contributed by atoms with Gasteiger partial charge in [0, 0.05) is 30.7 Å². The van der Waals surface area contributed by atoms with Gasteiger partial charge in [-0.2, -0.15) is 0 Å². The fraction of sp³-hybridized carbons (Fsp3) is 0.909. The number of thioether (sulfide) groups is 1. The van der Waals surface area contributed by atoms with Crippen molar-refractivity contribution in [1.29, 1.82) is 0 Å². The van der Waals surface area contributed by atoms with Crippen molar-refractivity contribution >= 4 is 17.7 Å². The lowest BCUT2D eigenvalue weighted by molar-refractivity contribution is -0.122. The first-order valence-electron chi connectivity index (χ1n) is 6.01. The minimum Gasteiger partial charge on any atom is -0.378 e. The maximum absolute atomic E-state index is 11.8. The Hall–Kier alpha value is -0.260. The predicted octanol–water partition coefficient (Wildman–Crippen LogP) is 0.580. The van der Waals surface area contributed by atoms with E-state index < -0.39 is 0 Å². The Balaban J connectivity index is 1.71. The van der Waals surface area contributed by atoms with Gasteiger partial charge < -0.3 is 10.1 Å². The first-order valence-corrected chi connectivity index (χ1v) is 7.17. The van der Waals surface area contributed by atoms with Gasteiger partial charge in [-0.3, -0.25) is 10.1 Å². The number of hydrogen-bond donors (Lipinski definition) is 2. The van der Waals surface area contributed by atoms with Crippen LogP contribution in [0.15, 0.2) is 0 Å². The van der Waals surface area contributed by atoms with Gasteiger partial charge in [0.1, 0.15) is 0 Å². The van der Waals surface area contributed by atoms with E-state index in [9.17, 15) is 4.79 Å². The van der Waals surface area contributed by atoms with E-state index in [1.165, 1.54) is 0 Å². The normalized spacial score (nSPS) is 34.2. The minimum atomic E-state index is 0.00685. The van der Waals surface area contributed by atoms with Crippen molar-refractivity contribution in [2.75, 3.05) is 24.8 Å². The largest absolute Gasteiger partial charge is 0.378 e. The zero-order chi connectivity index (χ0) is 11.4. The van der Waals surface area contributed by atoms with Gasteiger partial charge >= 0.3 is 0 Å². The second-order valence-corrected chi connectivity index (χ2v) is 5.41. The van der Waals surface area contributed by atoms with Crippen molar-refractivity contribution in [2.45, 2.75) is 31.9 Å². The van der Waals surface area contributed by atoms with Crippen LogP contribution in [-0.4, -0.2) is 42.8 Å². The van der Waals surface area contributed by atoms with Crippen LogP contribution in [0.4, 0.5) is 0 Å². The molecule has 0 aromatic rings. The summed E-state index contributed by atoms with van der Waals surface area (Å²) in [6.45, 7) is 3.75. The Morgan fingerprint density at radius 1 is 1.62 bits per heavy atom. The van der Waals surface area contributed by atoms with Crippen LogP contribution in [0.2, 0.25) is 0 Å². The van der Waals surface area contributed by atoms with Crippen LogP contribution in [0.5, 0.6) is 0 Å². The fourth-order valence-electron chi connectivity index (χ4n) is 2.30. The van der Waals surface area contributed by atoms with Crippen LogP contribution < -0.4 is 10.6 Å². The summed E-state index contributed by atoms with van der Waals surface area (Å²) in [6, 6.07) is 0.00685. The lowest BCUT2D eigenvalue weighted by Gasteiger charge is -2.18. The Labute approximate surface area is 101 Å². The molecule has 92 valence electrons. The van der Waals surface area contributed by atoms with Crippen LogP contribution in [-0.2, 0) is 9.53 Å². The van der Waals surface area contributed by atoms with Crippen LogP contribution in [0.1, 0.15) is 19.8 Å². The lowest BCUT2D eigenvalue weighted by Crippen LogP contribution is -2.44. The molecule has 0 aliphatic carbocycles. The van der Waals surface area contributed by atoms with Crippen LogP contribution >= 0.6 is 11.8 Å².